The molecular formula is C22H28O8. The van der Waals surface area contributed by atoms with E-state index in [1.165, 1.54) is 19.9 Å². The lowest BCUT2D eigenvalue weighted by atomic mass is 9.85. The van der Waals surface area contributed by atoms with Crippen molar-refractivity contribution < 1.29 is 38.8 Å². The fourth-order valence-corrected chi connectivity index (χ4v) is 3.51. The first-order valence-electron chi connectivity index (χ1n) is 9.70. The molecule has 2 aliphatic rings. The fraction of sp³-hybridized carbons (Fsp3) is 0.500. The zero-order valence-corrected chi connectivity index (χ0v) is 17.4. The summed E-state index contributed by atoms with van der Waals surface area (Å²) in [7, 11) is 0. The first kappa shape index (κ1) is 23.6. The highest BCUT2D eigenvalue weighted by molar-refractivity contribution is 5.92. The Labute approximate surface area is 175 Å². The number of hydrogen-bond acceptors (Lipinski definition) is 8. The molecule has 1 heterocycles. The van der Waals surface area contributed by atoms with Crippen LogP contribution in [0.3, 0.4) is 0 Å². The van der Waals surface area contributed by atoms with Gasteiger partial charge < -0.3 is 24.4 Å². The number of hydrogen-bond donors (Lipinski definition) is 2. The van der Waals surface area contributed by atoms with Gasteiger partial charge in [-0.05, 0) is 37.1 Å². The first-order valence-corrected chi connectivity index (χ1v) is 9.70. The van der Waals surface area contributed by atoms with Gasteiger partial charge in [-0.1, -0.05) is 12.7 Å². The normalized spacial score (nSPS) is 30.9. The second-order valence-electron chi connectivity index (χ2n) is 7.40. The summed E-state index contributed by atoms with van der Waals surface area (Å²) in [6.07, 6.45) is 3.04. The van der Waals surface area contributed by atoms with Crippen LogP contribution in [0.15, 0.2) is 47.1 Å². The van der Waals surface area contributed by atoms with E-state index in [1.807, 2.05) is 0 Å². The summed E-state index contributed by atoms with van der Waals surface area (Å²) in [4.78, 5) is 36.2. The monoisotopic (exact) mass is 420 g/mol. The van der Waals surface area contributed by atoms with E-state index in [-0.39, 0.29) is 30.8 Å². The van der Waals surface area contributed by atoms with Crippen LogP contribution in [0.4, 0.5) is 0 Å². The lowest BCUT2D eigenvalue weighted by Crippen LogP contribution is -2.34. The van der Waals surface area contributed by atoms with E-state index in [0.717, 1.165) is 0 Å². The Morgan fingerprint density at radius 1 is 1.30 bits per heavy atom. The highest BCUT2D eigenvalue weighted by Crippen LogP contribution is 2.36. The third kappa shape index (κ3) is 5.67. The molecule has 30 heavy (non-hydrogen) atoms. The van der Waals surface area contributed by atoms with Crippen LogP contribution in [0, 0.1) is 5.92 Å². The molecule has 8 heteroatoms. The predicted octanol–water partition coefficient (Wildman–Crippen LogP) is 1.53. The van der Waals surface area contributed by atoms with Gasteiger partial charge in [-0.15, -0.1) is 0 Å². The summed E-state index contributed by atoms with van der Waals surface area (Å²) in [6.45, 7) is 7.77. The van der Waals surface area contributed by atoms with Gasteiger partial charge >= 0.3 is 17.9 Å². The Balaban J connectivity index is 2.46. The summed E-state index contributed by atoms with van der Waals surface area (Å²) in [6, 6.07) is 0. The number of carbonyl (C=O) groups excluding carboxylic acids is 3. The lowest BCUT2D eigenvalue weighted by molar-refractivity contribution is -0.148. The molecule has 0 aromatic heterocycles. The summed E-state index contributed by atoms with van der Waals surface area (Å²) < 4.78 is 16.5. The molecule has 0 aromatic rings. The van der Waals surface area contributed by atoms with Crippen molar-refractivity contribution >= 4 is 17.9 Å². The number of aliphatic hydroxyl groups excluding tert-OH is 2. The van der Waals surface area contributed by atoms with Crippen LogP contribution in [0.25, 0.3) is 0 Å². The minimum Gasteiger partial charge on any atom is -0.458 e. The minimum atomic E-state index is -0.823. The zero-order valence-electron chi connectivity index (χ0n) is 17.4. The van der Waals surface area contributed by atoms with Crippen LogP contribution < -0.4 is 0 Å². The smallest absolute Gasteiger partial charge is 0.334 e. The SMILES string of the molecule is C=C1C(=O)O[C@@H]2/C=C(/C)[C@@H](OC(C)=O)C/C=C(/CO)C[C@@H](OC(=O)/C(C)=C/CO)[C@@H]12. The number of carbonyl (C=O) groups is 3. The summed E-state index contributed by atoms with van der Waals surface area (Å²) in [5.41, 5.74) is 1.61. The van der Waals surface area contributed by atoms with Gasteiger partial charge in [0.25, 0.3) is 0 Å². The summed E-state index contributed by atoms with van der Waals surface area (Å²) in [5.74, 6) is -2.38. The molecule has 0 aromatic carbocycles. The molecule has 1 saturated heterocycles. The number of aliphatic hydroxyl groups is 2. The van der Waals surface area contributed by atoms with Gasteiger partial charge in [-0.3, -0.25) is 4.79 Å². The molecule has 0 saturated carbocycles. The van der Waals surface area contributed by atoms with Crippen molar-refractivity contribution in [1.82, 2.24) is 0 Å². The molecule has 8 nitrogen and oxygen atoms in total. The second kappa shape index (κ2) is 10.4. The molecule has 1 fully saturated rings. The third-order valence-electron chi connectivity index (χ3n) is 5.17. The average Bonchev–Trinajstić information content (AvgIpc) is 2.95. The number of esters is 3. The molecular weight excluding hydrogens is 392 g/mol. The van der Waals surface area contributed by atoms with Crippen molar-refractivity contribution in [2.45, 2.75) is 51.9 Å². The Morgan fingerprint density at radius 2 is 2.00 bits per heavy atom. The van der Waals surface area contributed by atoms with Crippen LogP contribution in [0.1, 0.15) is 33.6 Å². The Bertz CT molecular complexity index is 804. The van der Waals surface area contributed by atoms with E-state index in [9.17, 15) is 19.5 Å². The van der Waals surface area contributed by atoms with Crippen molar-refractivity contribution in [3.63, 3.8) is 0 Å². The van der Waals surface area contributed by atoms with E-state index < -0.39 is 42.1 Å². The van der Waals surface area contributed by atoms with Crippen molar-refractivity contribution in [3.05, 3.63) is 47.1 Å². The Hall–Kier alpha value is -2.71. The van der Waals surface area contributed by atoms with Crippen LogP contribution >= 0.6 is 0 Å². The van der Waals surface area contributed by atoms with Gasteiger partial charge in [-0.25, -0.2) is 9.59 Å². The van der Waals surface area contributed by atoms with Crippen molar-refractivity contribution in [3.8, 4) is 0 Å². The third-order valence-corrected chi connectivity index (χ3v) is 5.17. The molecule has 1 aliphatic carbocycles. The maximum absolute atomic E-state index is 12.5. The van der Waals surface area contributed by atoms with Gasteiger partial charge in [0.2, 0.25) is 0 Å². The zero-order chi connectivity index (χ0) is 22.4. The van der Waals surface area contributed by atoms with E-state index in [4.69, 9.17) is 19.3 Å². The van der Waals surface area contributed by atoms with Crippen molar-refractivity contribution in [2.24, 2.45) is 5.92 Å². The number of fused-ring (bicyclic) bond motifs is 1. The number of ether oxygens (including phenoxy) is 3. The first-order chi connectivity index (χ1) is 14.2. The van der Waals surface area contributed by atoms with Crippen LogP contribution in [0.2, 0.25) is 0 Å². The highest BCUT2D eigenvalue weighted by atomic mass is 16.6. The molecule has 0 unspecified atom stereocenters. The standard InChI is InChI=1S/C22H28O8/c1-12(7-8-23)21(26)29-19-10-16(11-24)5-6-17(28-15(4)25)13(2)9-18-20(19)14(3)22(27)30-18/h5,7,9,17-20,23-24H,3,6,8,10-11H2,1-2,4H3/b12-7+,13-9-,16-5+/t17-,18+,19+,20-/m0/s1. The molecule has 1 aliphatic heterocycles. The van der Waals surface area contributed by atoms with E-state index in [1.54, 1.807) is 19.1 Å². The molecule has 164 valence electrons. The van der Waals surface area contributed by atoms with Gasteiger partial charge in [0.1, 0.15) is 18.3 Å². The molecule has 2 rings (SSSR count). The molecule has 0 radical (unpaired) electrons. The second-order valence-corrected chi connectivity index (χ2v) is 7.40. The number of rotatable bonds is 5. The minimum absolute atomic E-state index is 0.144. The van der Waals surface area contributed by atoms with Crippen LogP contribution in [-0.4, -0.2) is 59.6 Å². The van der Waals surface area contributed by atoms with Crippen molar-refractivity contribution in [2.75, 3.05) is 13.2 Å². The largest absolute Gasteiger partial charge is 0.458 e. The quantitative estimate of drug-likeness (QED) is 0.297. The van der Waals surface area contributed by atoms with E-state index >= 15 is 0 Å². The molecule has 0 bridgehead atoms. The van der Waals surface area contributed by atoms with Gasteiger partial charge in [0, 0.05) is 30.9 Å². The van der Waals surface area contributed by atoms with E-state index in [2.05, 4.69) is 6.58 Å². The van der Waals surface area contributed by atoms with E-state index in [0.29, 0.717) is 17.6 Å². The Kier molecular flexibility index (Phi) is 8.14. The highest BCUT2D eigenvalue weighted by Gasteiger charge is 2.45. The average molecular weight is 420 g/mol. The Morgan fingerprint density at radius 3 is 2.60 bits per heavy atom. The maximum Gasteiger partial charge on any atom is 0.334 e. The molecule has 4 atom stereocenters. The maximum atomic E-state index is 12.5. The van der Waals surface area contributed by atoms with Crippen LogP contribution in [-0.2, 0) is 28.6 Å². The predicted molar refractivity (Wildman–Crippen MR) is 107 cm³/mol. The molecule has 0 spiro atoms. The van der Waals surface area contributed by atoms with Crippen molar-refractivity contribution in [1.29, 1.82) is 0 Å². The lowest BCUT2D eigenvalue weighted by Gasteiger charge is -2.29. The van der Waals surface area contributed by atoms with Gasteiger partial charge in [0.05, 0.1) is 19.1 Å². The van der Waals surface area contributed by atoms with Crippen LogP contribution in [0.5, 0.6) is 0 Å². The molecule has 2 N–H and O–H groups in total. The summed E-state index contributed by atoms with van der Waals surface area (Å²) in [5, 5.41) is 18.8. The molecule has 0 amide bonds. The van der Waals surface area contributed by atoms with Gasteiger partial charge in [0.15, 0.2) is 0 Å². The topological polar surface area (TPSA) is 119 Å². The fourth-order valence-electron chi connectivity index (χ4n) is 3.51. The van der Waals surface area contributed by atoms with Gasteiger partial charge in [-0.2, -0.15) is 0 Å². The summed E-state index contributed by atoms with van der Waals surface area (Å²) >= 11 is 0.